The van der Waals surface area contributed by atoms with Crippen molar-refractivity contribution >= 4 is 9.84 Å². The van der Waals surface area contributed by atoms with Crippen LogP contribution in [-0.2, 0) is 20.4 Å². The molecule has 1 N–H and O–H groups in total. The van der Waals surface area contributed by atoms with Gasteiger partial charge in [-0.25, -0.2) is 8.42 Å². The molecule has 5 heteroatoms. The molecule has 0 saturated heterocycles. The average Bonchev–Trinajstić information content (AvgIpc) is 2.74. The first-order valence-electron chi connectivity index (χ1n) is 5.89. The van der Waals surface area contributed by atoms with Crippen LogP contribution in [0.2, 0.25) is 0 Å². The highest BCUT2D eigenvalue weighted by Gasteiger charge is 2.33. The van der Waals surface area contributed by atoms with Gasteiger partial charge in [0.25, 0.3) is 0 Å². The van der Waals surface area contributed by atoms with Crippen molar-refractivity contribution in [1.82, 2.24) is 5.48 Å². The highest BCUT2D eigenvalue weighted by Crippen LogP contribution is 2.26. The van der Waals surface area contributed by atoms with Crippen LogP contribution < -0.4 is 5.48 Å². The van der Waals surface area contributed by atoms with E-state index in [9.17, 15) is 8.42 Å². The molecule has 1 heterocycles. The summed E-state index contributed by atoms with van der Waals surface area (Å²) in [6, 6.07) is 9.11. The minimum Gasteiger partial charge on any atom is -0.265 e. The molecule has 1 aliphatic rings. The van der Waals surface area contributed by atoms with Crippen LogP contribution >= 0.6 is 0 Å². The number of hydroxylamine groups is 1. The monoisotopic (exact) mass is 267 g/mol. The fourth-order valence-electron chi connectivity index (χ4n) is 1.70. The molecule has 0 saturated carbocycles. The van der Waals surface area contributed by atoms with Gasteiger partial charge in [0.2, 0.25) is 0 Å². The molecule has 4 nitrogen and oxygen atoms in total. The van der Waals surface area contributed by atoms with Crippen LogP contribution in [0.15, 0.2) is 41.4 Å². The molecule has 1 aromatic carbocycles. The first-order valence-corrected chi connectivity index (χ1v) is 7.54. The highest BCUT2D eigenvalue weighted by molar-refractivity contribution is 7.94. The SMILES string of the molecule is CCC1(C)C=C(S(=O)(=O)Cc2ccccc2)NO1. The summed E-state index contributed by atoms with van der Waals surface area (Å²) in [6.45, 7) is 3.80. The van der Waals surface area contributed by atoms with Gasteiger partial charge in [0.15, 0.2) is 14.9 Å². The Morgan fingerprint density at radius 3 is 2.50 bits per heavy atom. The van der Waals surface area contributed by atoms with Crippen molar-refractivity contribution in [2.24, 2.45) is 0 Å². The van der Waals surface area contributed by atoms with Crippen LogP contribution in [0.1, 0.15) is 25.8 Å². The Morgan fingerprint density at radius 1 is 1.28 bits per heavy atom. The third kappa shape index (κ3) is 2.73. The number of sulfone groups is 1. The zero-order valence-electron chi connectivity index (χ0n) is 10.5. The molecule has 0 amide bonds. The minimum absolute atomic E-state index is 0.0180. The summed E-state index contributed by atoms with van der Waals surface area (Å²) in [5.74, 6) is -0.0180. The molecule has 0 aliphatic carbocycles. The van der Waals surface area contributed by atoms with Crippen LogP contribution in [0.5, 0.6) is 0 Å². The van der Waals surface area contributed by atoms with Crippen molar-refractivity contribution < 1.29 is 13.3 Å². The van der Waals surface area contributed by atoms with Crippen LogP contribution in [0.25, 0.3) is 0 Å². The Kier molecular flexibility index (Phi) is 3.45. The molecular weight excluding hydrogens is 250 g/mol. The number of hydrogen-bond acceptors (Lipinski definition) is 4. The van der Waals surface area contributed by atoms with Gasteiger partial charge in [-0.3, -0.25) is 10.3 Å². The van der Waals surface area contributed by atoms with E-state index < -0.39 is 15.4 Å². The number of rotatable bonds is 4. The summed E-state index contributed by atoms with van der Waals surface area (Å²) < 4.78 is 24.4. The third-order valence-electron chi connectivity index (χ3n) is 3.06. The Hall–Kier alpha value is -1.33. The molecule has 2 rings (SSSR count). The molecule has 98 valence electrons. The van der Waals surface area contributed by atoms with Crippen LogP contribution in [0, 0.1) is 0 Å². The lowest BCUT2D eigenvalue weighted by atomic mass is 10.1. The van der Waals surface area contributed by atoms with Crippen LogP contribution in [0.4, 0.5) is 0 Å². The maximum Gasteiger partial charge on any atom is 0.199 e. The summed E-state index contributed by atoms with van der Waals surface area (Å²) in [4.78, 5) is 5.30. The number of nitrogens with one attached hydrogen (secondary N) is 1. The normalized spacial score (nSPS) is 23.6. The van der Waals surface area contributed by atoms with Crippen molar-refractivity contribution in [1.29, 1.82) is 0 Å². The van der Waals surface area contributed by atoms with Gasteiger partial charge in [0.05, 0.1) is 5.75 Å². The minimum atomic E-state index is -3.37. The molecule has 1 unspecified atom stereocenters. The summed E-state index contributed by atoms with van der Waals surface area (Å²) in [5, 5.41) is 0.163. The zero-order chi connectivity index (χ0) is 13.2. The molecule has 0 fully saturated rings. The topological polar surface area (TPSA) is 55.4 Å². The van der Waals surface area contributed by atoms with Gasteiger partial charge in [0.1, 0.15) is 5.60 Å². The first-order chi connectivity index (χ1) is 8.45. The van der Waals surface area contributed by atoms with Gasteiger partial charge in [-0.15, -0.1) is 0 Å². The lowest BCUT2D eigenvalue weighted by Gasteiger charge is -2.16. The molecule has 1 atom stereocenters. The molecule has 1 aromatic rings. The van der Waals surface area contributed by atoms with Gasteiger partial charge in [-0.1, -0.05) is 37.3 Å². The second-order valence-corrected chi connectivity index (χ2v) is 6.58. The summed E-state index contributed by atoms with van der Waals surface area (Å²) in [5.41, 5.74) is 2.76. The van der Waals surface area contributed by atoms with Crippen molar-refractivity contribution in [2.75, 3.05) is 0 Å². The quantitative estimate of drug-likeness (QED) is 0.908. The Labute approximate surface area is 108 Å². The van der Waals surface area contributed by atoms with E-state index in [0.29, 0.717) is 6.42 Å². The van der Waals surface area contributed by atoms with E-state index in [-0.39, 0.29) is 10.8 Å². The van der Waals surface area contributed by atoms with E-state index in [2.05, 4.69) is 5.48 Å². The third-order valence-corrected chi connectivity index (χ3v) is 4.64. The second kappa shape index (κ2) is 4.74. The Morgan fingerprint density at radius 2 is 1.94 bits per heavy atom. The van der Waals surface area contributed by atoms with E-state index in [1.54, 1.807) is 18.2 Å². The Balaban J connectivity index is 2.21. The van der Waals surface area contributed by atoms with Crippen molar-refractivity contribution in [3.63, 3.8) is 0 Å². The van der Waals surface area contributed by atoms with E-state index in [0.717, 1.165) is 5.56 Å². The Bertz CT molecular complexity index is 551. The van der Waals surface area contributed by atoms with E-state index in [4.69, 9.17) is 4.84 Å². The maximum absolute atomic E-state index is 12.2. The second-order valence-electron chi connectivity index (χ2n) is 4.62. The van der Waals surface area contributed by atoms with Gasteiger partial charge in [-0.2, -0.15) is 0 Å². The van der Waals surface area contributed by atoms with Gasteiger partial charge >= 0.3 is 0 Å². The molecule has 0 spiro atoms. The average molecular weight is 267 g/mol. The van der Waals surface area contributed by atoms with E-state index in [1.165, 1.54) is 0 Å². The zero-order valence-corrected chi connectivity index (χ0v) is 11.3. The fourth-order valence-corrected chi connectivity index (χ4v) is 3.09. The van der Waals surface area contributed by atoms with E-state index in [1.807, 2.05) is 32.0 Å². The van der Waals surface area contributed by atoms with Crippen LogP contribution in [0.3, 0.4) is 0 Å². The summed E-state index contributed by atoms with van der Waals surface area (Å²) in [7, 11) is -3.37. The van der Waals surface area contributed by atoms with Gasteiger partial charge in [-0.05, 0) is 25.0 Å². The number of hydrogen-bond donors (Lipinski definition) is 1. The molecule has 0 aromatic heterocycles. The fraction of sp³-hybridized carbons (Fsp3) is 0.385. The number of benzene rings is 1. The lowest BCUT2D eigenvalue weighted by molar-refractivity contribution is -0.0276. The lowest BCUT2D eigenvalue weighted by Crippen LogP contribution is -2.25. The summed E-state index contributed by atoms with van der Waals surface area (Å²) >= 11 is 0. The van der Waals surface area contributed by atoms with Gasteiger partial charge in [0, 0.05) is 0 Å². The molecular formula is C13H17NO3S. The largest absolute Gasteiger partial charge is 0.265 e. The molecule has 1 aliphatic heterocycles. The van der Waals surface area contributed by atoms with Crippen molar-refractivity contribution in [3.8, 4) is 0 Å². The smallest absolute Gasteiger partial charge is 0.199 e. The van der Waals surface area contributed by atoms with Crippen molar-refractivity contribution in [3.05, 3.63) is 47.0 Å². The molecule has 18 heavy (non-hydrogen) atoms. The summed E-state index contributed by atoms with van der Waals surface area (Å²) in [6.07, 6.45) is 2.36. The predicted molar refractivity (Wildman–Crippen MR) is 70.1 cm³/mol. The standard InChI is InChI=1S/C13H17NO3S/c1-3-13(2)9-12(14-17-13)18(15,16)10-11-7-5-4-6-8-11/h4-9,14H,3,10H2,1-2H3. The molecule has 0 radical (unpaired) electrons. The van der Waals surface area contributed by atoms with Crippen molar-refractivity contribution in [2.45, 2.75) is 31.6 Å². The maximum atomic E-state index is 12.2. The first kappa shape index (κ1) is 13.1. The van der Waals surface area contributed by atoms with Gasteiger partial charge < -0.3 is 0 Å². The highest BCUT2D eigenvalue weighted by atomic mass is 32.2. The molecule has 0 bridgehead atoms. The predicted octanol–water partition coefficient (Wildman–Crippen LogP) is 2.15. The van der Waals surface area contributed by atoms with E-state index >= 15 is 0 Å². The van der Waals surface area contributed by atoms with Crippen LogP contribution in [-0.4, -0.2) is 14.0 Å².